The standard InChI is InChI=1S/C74H62N2S/c1-47-9-25-55(26-10-47)75(56-27-11-48(2)12-28-56)59-33-37-63-61-35-21-53(43-67(61)73(5,6)69(63)45-59)19-17-51-23-39-71-65(41-51)66-42-52(24-40-72(66)77-71)18-20-54-22-36-62-64-38-34-60(46-70(64)74(7,8)68(62)44-54)76(57-29-13-49(3)14-30-57)58-31-15-50(4)16-32-58/h9-46H,1-8H3. The van der Waals surface area contributed by atoms with Gasteiger partial charge in [0.1, 0.15) is 0 Å². The number of thiophene rings is 1. The van der Waals surface area contributed by atoms with Crippen molar-refractivity contribution >= 4 is 89.9 Å². The summed E-state index contributed by atoms with van der Waals surface area (Å²) in [5, 5.41) is 2.60. The van der Waals surface area contributed by atoms with Crippen LogP contribution in [0.25, 0.3) is 66.7 Å². The molecule has 0 N–H and O–H groups in total. The van der Waals surface area contributed by atoms with E-state index in [2.05, 4.69) is 296 Å². The fourth-order valence-electron chi connectivity index (χ4n) is 12.0. The van der Waals surface area contributed by atoms with E-state index >= 15 is 0 Å². The highest BCUT2D eigenvalue weighted by molar-refractivity contribution is 7.25. The van der Waals surface area contributed by atoms with Gasteiger partial charge in [-0.25, -0.2) is 0 Å². The van der Waals surface area contributed by atoms with Gasteiger partial charge in [0.25, 0.3) is 0 Å². The lowest BCUT2D eigenvalue weighted by molar-refractivity contribution is 0.660. The van der Waals surface area contributed by atoms with E-state index in [1.807, 2.05) is 11.3 Å². The van der Waals surface area contributed by atoms with Crippen molar-refractivity contribution in [2.75, 3.05) is 9.80 Å². The first kappa shape index (κ1) is 48.2. The minimum atomic E-state index is -0.168. The molecule has 11 aromatic rings. The molecule has 0 aliphatic heterocycles. The lowest BCUT2D eigenvalue weighted by atomic mass is 9.81. The van der Waals surface area contributed by atoms with E-state index in [0.717, 1.165) is 22.7 Å². The normalized spacial score (nSPS) is 13.8. The Balaban J connectivity index is 0.749. The van der Waals surface area contributed by atoms with Gasteiger partial charge >= 0.3 is 0 Å². The van der Waals surface area contributed by atoms with Crippen LogP contribution in [0.1, 0.15) is 94.5 Å². The van der Waals surface area contributed by atoms with Crippen LogP contribution in [0, 0.1) is 27.7 Å². The Morgan fingerprint density at radius 3 is 0.870 bits per heavy atom. The van der Waals surface area contributed by atoms with Crippen LogP contribution in [0.15, 0.2) is 206 Å². The van der Waals surface area contributed by atoms with Crippen molar-refractivity contribution in [1.82, 2.24) is 0 Å². The second-order valence-corrected chi connectivity index (χ2v) is 23.7. The zero-order chi connectivity index (χ0) is 52.7. The van der Waals surface area contributed by atoms with Gasteiger partial charge in [-0.2, -0.15) is 0 Å². The molecule has 1 heterocycles. The highest BCUT2D eigenvalue weighted by Crippen LogP contribution is 2.53. The predicted octanol–water partition coefficient (Wildman–Crippen LogP) is 21.2. The Morgan fingerprint density at radius 2 is 0.545 bits per heavy atom. The molecule has 0 spiro atoms. The van der Waals surface area contributed by atoms with E-state index in [9.17, 15) is 0 Å². The SMILES string of the molecule is Cc1ccc(N(c2ccc(C)cc2)c2ccc3c(c2)C(C)(C)c2cc(C=Cc4ccc5sc6ccc(C=Cc7ccc8c(c7)C(C)(C)c7cc(N(c9ccc(C)cc9)c9ccc(C)cc9)ccc7-8)cc6c5c4)ccc2-3)cc1. The first-order chi connectivity index (χ1) is 37.2. The number of anilines is 6. The summed E-state index contributed by atoms with van der Waals surface area (Å²) < 4.78 is 2.62. The summed E-state index contributed by atoms with van der Waals surface area (Å²) in [4.78, 5) is 4.77. The largest absolute Gasteiger partial charge is 0.310 e. The second kappa shape index (κ2) is 18.7. The van der Waals surface area contributed by atoms with Crippen LogP contribution >= 0.6 is 11.3 Å². The molecule has 77 heavy (non-hydrogen) atoms. The maximum atomic E-state index is 2.42. The minimum absolute atomic E-state index is 0.168. The molecule has 1 aromatic heterocycles. The van der Waals surface area contributed by atoms with E-state index in [4.69, 9.17) is 0 Å². The molecule has 0 saturated carbocycles. The third kappa shape index (κ3) is 8.60. The maximum absolute atomic E-state index is 2.42. The molecule has 374 valence electrons. The van der Waals surface area contributed by atoms with Gasteiger partial charge < -0.3 is 9.80 Å². The summed E-state index contributed by atoms with van der Waals surface area (Å²) in [6.07, 6.45) is 9.13. The number of rotatable bonds is 10. The molecule has 0 atom stereocenters. The van der Waals surface area contributed by atoms with Gasteiger partial charge in [-0.05, 0) is 192 Å². The molecule has 3 heteroatoms. The highest BCUT2D eigenvalue weighted by atomic mass is 32.1. The van der Waals surface area contributed by atoms with E-state index < -0.39 is 0 Å². The van der Waals surface area contributed by atoms with E-state index in [-0.39, 0.29) is 10.8 Å². The average molecular weight is 1010 g/mol. The van der Waals surface area contributed by atoms with Gasteiger partial charge in [0.2, 0.25) is 0 Å². The van der Waals surface area contributed by atoms with Gasteiger partial charge in [0, 0.05) is 65.1 Å². The molecule has 10 aromatic carbocycles. The van der Waals surface area contributed by atoms with Crippen LogP contribution < -0.4 is 9.80 Å². The zero-order valence-electron chi connectivity index (χ0n) is 45.2. The summed E-state index contributed by atoms with van der Waals surface area (Å²) in [6, 6.07) is 77.4. The van der Waals surface area contributed by atoms with Crippen molar-refractivity contribution in [2.24, 2.45) is 0 Å². The van der Waals surface area contributed by atoms with Gasteiger partial charge in [-0.1, -0.05) is 183 Å². The Labute approximate surface area is 458 Å². The number of nitrogens with zero attached hydrogens (tertiary/aromatic N) is 2. The van der Waals surface area contributed by atoms with Crippen molar-refractivity contribution in [2.45, 2.75) is 66.2 Å². The third-order valence-corrected chi connectivity index (χ3v) is 17.7. The van der Waals surface area contributed by atoms with Crippen LogP contribution in [0.3, 0.4) is 0 Å². The zero-order valence-corrected chi connectivity index (χ0v) is 46.1. The quantitative estimate of drug-likeness (QED) is 0.126. The van der Waals surface area contributed by atoms with Gasteiger partial charge in [0.05, 0.1) is 0 Å². The van der Waals surface area contributed by atoms with Crippen molar-refractivity contribution < 1.29 is 0 Å². The van der Waals surface area contributed by atoms with E-state index in [1.165, 1.54) is 121 Å². The minimum Gasteiger partial charge on any atom is -0.310 e. The fraction of sp³-hybridized carbons (Fsp3) is 0.135. The topological polar surface area (TPSA) is 6.48 Å². The van der Waals surface area contributed by atoms with Crippen LogP contribution in [0.5, 0.6) is 0 Å². The van der Waals surface area contributed by atoms with Gasteiger partial charge in [-0.15, -0.1) is 11.3 Å². The molecule has 0 radical (unpaired) electrons. The molecule has 0 fully saturated rings. The summed E-state index contributed by atoms with van der Waals surface area (Å²) >= 11 is 1.87. The summed E-state index contributed by atoms with van der Waals surface area (Å²) in [5.74, 6) is 0. The van der Waals surface area contributed by atoms with Crippen LogP contribution in [-0.2, 0) is 10.8 Å². The van der Waals surface area contributed by atoms with Crippen molar-refractivity contribution in [3.63, 3.8) is 0 Å². The lowest BCUT2D eigenvalue weighted by Gasteiger charge is -2.28. The second-order valence-electron chi connectivity index (χ2n) is 22.6. The molecular formula is C74H62N2S. The fourth-order valence-corrected chi connectivity index (χ4v) is 13.1. The summed E-state index contributed by atoms with van der Waals surface area (Å²) in [5.41, 5.74) is 27.2. The molecule has 2 aliphatic carbocycles. The Bertz CT molecular complexity index is 3800. The van der Waals surface area contributed by atoms with Crippen molar-refractivity contribution in [1.29, 1.82) is 0 Å². The molecular weight excluding hydrogens is 949 g/mol. The number of hydrogen-bond donors (Lipinski definition) is 0. The number of fused-ring (bicyclic) bond motifs is 9. The molecule has 2 nitrogen and oxygen atoms in total. The van der Waals surface area contributed by atoms with E-state index in [0.29, 0.717) is 0 Å². The van der Waals surface area contributed by atoms with Gasteiger partial charge in [0.15, 0.2) is 0 Å². The van der Waals surface area contributed by atoms with Crippen LogP contribution in [0.2, 0.25) is 0 Å². The van der Waals surface area contributed by atoms with E-state index in [1.54, 1.807) is 0 Å². The molecule has 2 aliphatic rings. The number of aryl methyl sites for hydroxylation is 4. The third-order valence-electron chi connectivity index (χ3n) is 16.5. The van der Waals surface area contributed by atoms with Crippen LogP contribution in [-0.4, -0.2) is 0 Å². The predicted molar refractivity (Wildman–Crippen MR) is 334 cm³/mol. The molecule has 0 bridgehead atoms. The Kier molecular flexibility index (Phi) is 11.7. The molecule has 0 saturated heterocycles. The summed E-state index contributed by atoms with van der Waals surface area (Å²) in [6.45, 7) is 18.1. The van der Waals surface area contributed by atoms with Crippen molar-refractivity contribution in [3.8, 4) is 22.3 Å². The first-order valence-corrected chi connectivity index (χ1v) is 27.9. The van der Waals surface area contributed by atoms with Crippen LogP contribution in [0.4, 0.5) is 34.1 Å². The monoisotopic (exact) mass is 1010 g/mol. The maximum Gasteiger partial charge on any atom is 0.0465 e. The van der Waals surface area contributed by atoms with Crippen molar-refractivity contribution in [3.05, 3.63) is 273 Å². The number of hydrogen-bond acceptors (Lipinski definition) is 3. The number of benzene rings is 10. The highest BCUT2D eigenvalue weighted by Gasteiger charge is 2.37. The smallest absolute Gasteiger partial charge is 0.0465 e. The summed E-state index contributed by atoms with van der Waals surface area (Å²) in [7, 11) is 0. The average Bonchev–Trinajstić information content (AvgIpc) is 4.15. The Morgan fingerprint density at radius 1 is 0.286 bits per heavy atom. The molecule has 0 amide bonds. The van der Waals surface area contributed by atoms with Gasteiger partial charge in [-0.3, -0.25) is 0 Å². The lowest BCUT2D eigenvalue weighted by Crippen LogP contribution is -2.16. The Hall–Kier alpha value is -8.50. The molecule has 13 rings (SSSR count). The first-order valence-electron chi connectivity index (χ1n) is 27.0. The molecule has 0 unspecified atom stereocenters.